The van der Waals surface area contributed by atoms with E-state index in [0.29, 0.717) is 12.1 Å². The maximum Gasteiger partial charge on any atom is 0.138 e. The molecule has 0 amide bonds. The summed E-state index contributed by atoms with van der Waals surface area (Å²) in [6.07, 6.45) is 0.632. The monoisotopic (exact) mass is 195 g/mol. The summed E-state index contributed by atoms with van der Waals surface area (Å²) in [5.74, 6) is 0.203. The van der Waals surface area contributed by atoms with Gasteiger partial charge in [0.25, 0.3) is 0 Å². The zero-order chi connectivity index (χ0) is 10.3. The van der Waals surface area contributed by atoms with Gasteiger partial charge >= 0.3 is 0 Å². The topological polar surface area (TPSA) is 32.3 Å². The Bertz CT molecular complexity index is 357. The number of aromatic hydroxyl groups is 1. The predicted octanol–water partition coefficient (Wildman–Crippen LogP) is 2.48. The minimum absolute atomic E-state index is 0.203. The minimum atomic E-state index is -1.27. The standard InChI is InChI=1S/C11H14FNO/c1-11(2,12)9-6-7-4-3-5-8(14)10(7)13-9/h3-5,9,13-14H,6H2,1-2H3. The SMILES string of the molecule is CC(C)(F)C1Cc2cccc(O)c2N1. The summed E-state index contributed by atoms with van der Waals surface area (Å²) in [4.78, 5) is 0. The van der Waals surface area contributed by atoms with Crippen molar-refractivity contribution in [2.45, 2.75) is 32.0 Å². The van der Waals surface area contributed by atoms with E-state index in [9.17, 15) is 9.50 Å². The fourth-order valence-corrected chi connectivity index (χ4v) is 1.78. The number of rotatable bonds is 1. The smallest absolute Gasteiger partial charge is 0.138 e. The molecule has 1 aromatic carbocycles. The van der Waals surface area contributed by atoms with Crippen molar-refractivity contribution in [2.75, 3.05) is 5.32 Å². The highest BCUT2D eigenvalue weighted by atomic mass is 19.1. The molecule has 14 heavy (non-hydrogen) atoms. The Morgan fingerprint density at radius 1 is 1.50 bits per heavy atom. The fraction of sp³-hybridized carbons (Fsp3) is 0.455. The van der Waals surface area contributed by atoms with Crippen LogP contribution in [-0.4, -0.2) is 16.8 Å². The lowest BCUT2D eigenvalue weighted by Crippen LogP contribution is -2.36. The molecule has 0 radical (unpaired) electrons. The third-order valence-corrected chi connectivity index (χ3v) is 2.70. The van der Waals surface area contributed by atoms with Gasteiger partial charge in [-0.3, -0.25) is 0 Å². The number of hydrogen-bond donors (Lipinski definition) is 2. The molecule has 0 spiro atoms. The van der Waals surface area contributed by atoms with Crippen LogP contribution in [0.25, 0.3) is 0 Å². The largest absolute Gasteiger partial charge is 0.506 e. The number of para-hydroxylation sites is 1. The molecule has 0 saturated carbocycles. The molecule has 0 aliphatic carbocycles. The van der Waals surface area contributed by atoms with Crippen molar-refractivity contribution in [1.82, 2.24) is 0 Å². The molecule has 2 nitrogen and oxygen atoms in total. The molecule has 76 valence electrons. The number of phenolic OH excluding ortho intramolecular Hbond substituents is 1. The van der Waals surface area contributed by atoms with Gasteiger partial charge in [0.05, 0.1) is 11.7 Å². The van der Waals surface area contributed by atoms with Gasteiger partial charge < -0.3 is 10.4 Å². The average molecular weight is 195 g/mol. The first-order chi connectivity index (χ1) is 6.48. The van der Waals surface area contributed by atoms with Crippen molar-refractivity contribution in [1.29, 1.82) is 0 Å². The fourth-order valence-electron chi connectivity index (χ4n) is 1.78. The van der Waals surface area contributed by atoms with E-state index in [4.69, 9.17) is 0 Å². The molecule has 1 aliphatic rings. The van der Waals surface area contributed by atoms with Crippen LogP contribution in [0.3, 0.4) is 0 Å². The molecule has 1 aromatic rings. The van der Waals surface area contributed by atoms with Gasteiger partial charge in [-0.25, -0.2) is 4.39 Å². The Morgan fingerprint density at radius 3 is 2.79 bits per heavy atom. The Labute approximate surface area is 82.8 Å². The van der Waals surface area contributed by atoms with Crippen molar-refractivity contribution in [2.24, 2.45) is 0 Å². The van der Waals surface area contributed by atoms with Gasteiger partial charge in [-0.1, -0.05) is 12.1 Å². The zero-order valence-corrected chi connectivity index (χ0v) is 8.34. The van der Waals surface area contributed by atoms with E-state index in [-0.39, 0.29) is 11.8 Å². The van der Waals surface area contributed by atoms with Crippen LogP contribution in [-0.2, 0) is 6.42 Å². The van der Waals surface area contributed by atoms with Gasteiger partial charge in [0.1, 0.15) is 11.4 Å². The number of benzene rings is 1. The summed E-state index contributed by atoms with van der Waals surface area (Å²) in [6, 6.07) is 5.06. The van der Waals surface area contributed by atoms with Crippen molar-refractivity contribution in [3.63, 3.8) is 0 Å². The van der Waals surface area contributed by atoms with Crippen LogP contribution in [0.15, 0.2) is 18.2 Å². The van der Waals surface area contributed by atoms with Crippen LogP contribution in [0.4, 0.5) is 10.1 Å². The summed E-state index contributed by atoms with van der Waals surface area (Å²) in [5.41, 5.74) is 0.398. The first-order valence-corrected chi connectivity index (χ1v) is 4.75. The maximum atomic E-state index is 13.6. The van der Waals surface area contributed by atoms with Gasteiger partial charge in [0.2, 0.25) is 0 Å². The summed E-state index contributed by atoms with van der Waals surface area (Å²) in [5, 5.41) is 12.5. The first kappa shape index (κ1) is 9.31. The second-order valence-corrected chi connectivity index (χ2v) is 4.28. The number of anilines is 1. The number of halogens is 1. The van der Waals surface area contributed by atoms with E-state index in [1.807, 2.05) is 6.07 Å². The van der Waals surface area contributed by atoms with Crippen LogP contribution >= 0.6 is 0 Å². The number of hydrogen-bond acceptors (Lipinski definition) is 2. The molecule has 1 aliphatic heterocycles. The van der Waals surface area contributed by atoms with E-state index >= 15 is 0 Å². The van der Waals surface area contributed by atoms with Crippen molar-refractivity contribution < 1.29 is 9.50 Å². The molecule has 0 fully saturated rings. The van der Waals surface area contributed by atoms with E-state index in [1.54, 1.807) is 26.0 Å². The molecule has 1 heterocycles. The highest BCUT2D eigenvalue weighted by Crippen LogP contribution is 2.37. The number of nitrogens with one attached hydrogen (secondary N) is 1. The maximum absolute atomic E-state index is 13.6. The lowest BCUT2D eigenvalue weighted by molar-refractivity contribution is 0.187. The number of alkyl halides is 1. The Hall–Kier alpha value is -1.25. The van der Waals surface area contributed by atoms with Crippen LogP contribution in [0.1, 0.15) is 19.4 Å². The van der Waals surface area contributed by atoms with Crippen molar-refractivity contribution in [3.05, 3.63) is 23.8 Å². The third-order valence-electron chi connectivity index (χ3n) is 2.70. The summed E-state index contributed by atoms with van der Waals surface area (Å²) < 4.78 is 13.6. The van der Waals surface area contributed by atoms with Gasteiger partial charge in [0, 0.05) is 0 Å². The van der Waals surface area contributed by atoms with Crippen LogP contribution < -0.4 is 5.32 Å². The van der Waals surface area contributed by atoms with E-state index in [2.05, 4.69) is 5.32 Å². The molecule has 0 bridgehead atoms. The predicted molar refractivity (Wildman–Crippen MR) is 54.4 cm³/mol. The normalized spacial score (nSPS) is 20.4. The lowest BCUT2D eigenvalue weighted by Gasteiger charge is -2.23. The third kappa shape index (κ3) is 1.43. The number of phenols is 1. The molecule has 2 N–H and O–H groups in total. The first-order valence-electron chi connectivity index (χ1n) is 4.75. The highest BCUT2D eigenvalue weighted by molar-refractivity contribution is 5.65. The molecular weight excluding hydrogens is 181 g/mol. The quantitative estimate of drug-likeness (QED) is 0.675. The van der Waals surface area contributed by atoms with Crippen molar-refractivity contribution >= 4 is 5.69 Å². The Morgan fingerprint density at radius 2 is 2.21 bits per heavy atom. The molecule has 0 saturated heterocycles. The molecule has 3 heteroatoms. The Kier molecular flexibility index (Phi) is 1.91. The molecular formula is C11H14FNO. The summed E-state index contributed by atoms with van der Waals surface area (Å²) >= 11 is 0. The van der Waals surface area contributed by atoms with Gasteiger partial charge in [-0.05, 0) is 31.9 Å². The highest BCUT2D eigenvalue weighted by Gasteiger charge is 2.35. The van der Waals surface area contributed by atoms with Crippen molar-refractivity contribution in [3.8, 4) is 5.75 Å². The van der Waals surface area contributed by atoms with E-state index < -0.39 is 5.67 Å². The van der Waals surface area contributed by atoms with Gasteiger partial charge in [0.15, 0.2) is 0 Å². The van der Waals surface area contributed by atoms with E-state index in [1.165, 1.54) is 0 Å². The summed E-state index contributed by atoms with van der Waals surface area (Å²) in [7, 11) is 0. The minimum Gasteiger partial charge on any atom is -0.506 e. The lowest BCUT2D eigenvalue weighted by atomic mass is 9.98. The van der Waals surface area contributed by atoms with Gasteiger partial charge in [-0.2, -0.15) is 0 Å². The van der Waals surface area contributed by atoms with Gasteiger partial charge in [-0.15, -0.1) is 0 Å². The molecule has 2 rings (SSSR count). The average Bonchev–Trinajstić information content (AvgIpc) is 2.48. The second kappa shape index (κ2) is 2.87. The molecule has 1 atom stereocenters. The Balaban J connectivity index is 2.31. The number of fused-ring (bicyclic) bond motifs is 1. The summed E-state index contributed by atoms with van der Waals surface area (Å²) in [6.45, 7) is 3.10. The van der Waals surface area contributed by atoms with Crippen LogP contribution in [0, 0.1) is 0 Å². The van der Waals surface area contributed by atoms with E-state index in [0.717, 1.165) is 5.56 Å². The van der Waals surface area contributed by atoms with Crippen LogP contribution in [0.2, 0.25) is 0 Å². The zero-order valence-electron chi connectivity index (χ0n) is 8.34. The molecule has 1 unspecified atom stereocenters. The van der Waals surface area contributed by atoms with Crippen LogP contribution in [0.5, 0.6) is 5.75 Å². The second-order valence-electron chi connectivity index (χ2n) is 4.28. The molecule has 0 aromatic heterocycles.